The molecule has 156 valence electrons. The first kappa shape index (κ1) is 20.3. The zero-order chi connectivity index (χ0) is 21.1. The third kappa shape index (κ3) is 4.44. The van der Waals surface area contributed by atoms with Crippen LogP contribution in [0.25, 0.3) is 10.9 Å². The Hall–Kier alpha value is -2.99. The summed E-state index contributed by atoms with van der Waals surface area (Å²) >= 11 is 0. The van der Waals surface area contributed by atoms with Gasteiger partial charge >= 0.3 is 0 Å². The number of aromatic nitrogens is 2. The molecule has 1 aliphatic heterocycles. The highest BCUT2D eigenvalue weighted by Crippen LogP contribution is 2.22. The van der Waals surface area contributed by atoms with Gasteiger partial charge in [0.2, 0.25) is 5.91 Å². The number of rotatable bonds is 5. The monoisotopic (exact) mass is 403 g/mol. The van der Waals surface area contributed by atoms with Crippen LogP contribution in [-0.2, 0) is 11.3 Å². The fourth-order valence-electron chi connectivity index (χ4n) is 4.22. The van der Waals surface area contributed by atoms with Crippen molar-refractivity contribution in [1.29, 1.82) is 0 Å². The highest BCUT2D eigenvalue weighted by atomic mass is 16.2. The number of nitrogens with one attached hydrogen (secondary N) is 1. The molecule has 1 aliphatic rings. The lowest BCUT2D eigenvalue weighted by Gasteiger charge is -2.37. The number of aliphatic imine (C=N–C) groups is 1. The fraction of sp³-hybridized carbons (Fsp3) is 0.375. The average molecular weight is 404 g/mol. The van der Waals surface area contributed by atoms with E-state index in [4.69, 9.17) is 4.99 Å². The SMILES string of the molecule is C/C(=N\c1ccccc1C)C1C[C@H](NC(=O)Cn2ncc3ccccc32)CCN1C. The highest BCUT2D eigenvalue weighted by Gasteiger charge is 2.29. The molecule has 2 aromatic carbocycles. The van der Waals surface area contributed by atoms with Gasteiger partial charge in [0.25, 0.3) is 0 Å². The molecule has 3 aromatic rings. The molecule has 1 N–H and O–H groups in total. The van der Waals surface area contributed by atoms with Crippen molar-refractivity contribution in [3.8, 4) is 0 Å². The van der Waals surface area contributed by atoms with Gasteiger partial charge in [-0.15, -0.1) is 0 Å². The van der Waals surface area contributed by atoms with Crippen molar-refractivity contribution in [3.05, 3.63) is 60.3 Å². The minimum atomic E-state index is 0.00523. The van der Waals surface area contributed by atoms with Crippen LogP contribution in [0.4, 0.5) is 5.69 Å². The first-order valence-electron chi connectivity index (χ1n) is 10.5. The normalized spacial score (nSPS) is 20.4. The number of hydrogen-bond acceptors (Lipinski definition) is 4. The Morgan fingerprint density at radius 2 is 1.97 bits per heavy atom. The summed E-state index contributed by atoms with van der Waals surface area (Å²) in [4.78, 5) is 19.9. The van der Waals surface area contributed by atoms with Crippen LogP contribution in [0.3, 0.4) is 0 Å². The van der Waals surface area contributed by atoms with Crippen LogP contribution in [-0.4, -0.2) is 52.0 Å². The Balaban J connectivity index is 1.41. The topological polar surface area (TPSA) is 62.5 Å². The van der Waals surface area contributed by atoms with Crippen molar-refractivity contribution in [2.24, 2.45) is 4.99 Å². The van der Waals surface area contributed by atoms with Gasteiger partial charge in [0, 0.05) is 29.7 Å². The zero-order valence-corrected chi connectivity index (χ0v) is 17.9. The summed E-state index contributed by atoms with van der Waals surface area (Å²) in [6.07, 6.45) is 3.61. The van der Waals surface area contributed by atoms with Crippen molar-refractivity contribution in [1.82, 2.24) is 20.0 Å². The summed E-state index contributed by atoms with van der Waals surface area (Å²) in [6.45, 7) is 5.34. The molecule has 0 saturated carbocycles. The third-order valence-corrected chi connectivity index (χ3v) is 5.97. The fourth-order valence-corrected chi connectivity index (χ4v) is 4.22. The predicted molar refractivity (Wildman–Crippen MR) is 121 cm³/mol. The lowest BCUT2D eigenvalue weighted by molar-refractivity contribution is -0.122. The van der Waals surface area contributed by atoms with Gasteiger partial charge < -0.3 is 5.32 Å². The Bertz CT molecular complexity index is 1070. The van der Waals surface area contributed by atoms with Gasteiger partial charge in [-0.25, -0.2) is 0 Å². The molecule has 4 rings (SSSR count). The number of aryl methyl sites for hydroxylation is 1. The van der Waals surface area contributed by atoms with E-state index in [-0.39, 0.29) is 24.5 Å². The average Bonchev–Trinajstić information content (AvgIpc) is 3.14. The van der Waals surface area contributed by atoms with E-state index in [1.807, 2.05) is 36.4 Å². The van der Waals surface area contributed by atoms with Gasteiger partial charge in [0.15, 0.2) is 0 Å². The molecule has 0 bridgehead atoms. The van der Waals surface area contributed by atoms with Gasteiger partial charge in [0.05, 0.1) is 17.4 Å². The number of nitrogens with zero attached hydrogens (tertiary/aromatic N) is 4. The third-order valence-electron chi connectivity index (χ3n) is 5.97. The number of para-hydroxylation sites is 2. The summed E-state index contributed by atoms with van der Waals surface area (Å²) in [5.74, 6) is 0.00523. The molecule has 1 amide bonds. The van der Waals surface area contributed by atoms with Crippen molar-refractivity contribution < 1.29 is 4.79 Å². The molecule has 1 unspecified atom stereocenters. The number of carbonyl (C=O) groups is 1. The van der Waals surface area contributed by atoms with E-state index in [0.29, 0.717) is 0 Å². The number of hydrogen-bond donors (Lipinski definition) is 1. The number of benzene rings is 2. The molecule has 0 aliphatic carbocycles. The summed E-state index contributed by atoms with van der Waals surface area (Å²) in [6, 6.07) is 16.5. The molecule has 30 heavy (non-hydrogen) atoms. The van der Waals surface area contributed by atoms with Crippen LogP contribution in [0.2, 0.25) is 0 Å². The van der Waals surface area contributed by atoms with Crippen LogP contribution in [0, 0.1) is 6.92 Å². The number of fused-ring (bicyclic) bond motifs is 1. The van der Waals surface area contributed by atoms with Crippen molar-refractivity contribution in [3.63, 3.8) is 0 Å². The molecule has 1 aromatic heterocycles. The first-order valence-corrected chi connectivity index (χ1v) is 10.5. The Morgan fingerprint density at radius 3 is 2.80 bits per heavy atom. The Morgan fingerprint density at radius 1 is 1.20 bits per heavy atom. The molecule has 6 heteroatoms. The highest BCUT2D eigenvalue weighted by molar-refractivity contribution is 5.90. The second-order valence-corrected chi connectivity index (χ2v) is 8.19. The molecule has 6 nitrogen and oxygen atoms in total. The van der Waals surface area contributed by atoms with E-state index in [9.17, 15) is 4.79 Å². The lowest BCUT2D eigenvalue weighted by Crippen LogP contribution is -2.51. The molecule has 2 atom stereocenters. The molecule has 2 heterocycles. The number of piperidine rings is 1. The Labute approximate surface area is 177 Å². The smallest absolute Gasteiger partial charge is 0.241 e. The van der Waals surface area contributed by atoms with E-state index in [1.165, 1.54) is 5.56 Å². The van der Waals surface area contributed by atoms with Crippen molar-refractivity contribution in [2.75, 3.05) is 13.6 Å². The van der Waals surface area contributed by atoms with E-state index in [1.54, 1.807) is 10.9 Å². The molecule has 0 radical (unpaired) electrons. The quantitative estimate of drug-likeness (QED) is 0.661. The predicted octanol–water partition coefficient (Wildman–Crippen LogP) is 3.72. The van der Waals surface area contributed by atoms with Gasteiger partial charge in [-0.05, 0) is 51.4 Å². The molecule has 1 fully saturated rings. The van der Waals surface area contributed by atoms with Gasteiger partial charge in [-0.2, -0.15) is 5.10 Å². The standard InChI is InChI=1S/C24H29N5O/c1-17-8-4-6-10-21(17)26-18(2)23-14-20(12-13-28(23)3)27-24(30)16-29-22-11-7-5-9-19(22)15-25-29/h4-11,15,20,23H,12-14,16H2,1-3H3,(H,27,30)/b26-18+/t20-,23?/m1/s1. The molecule has 0 spiro atoms. The van der Waals surface area contributed by atoms with Crippen LogP contribution >= 0.6 is 0 Å². The largest absolute Gasteiger partial charge is 0.352 e. The summed E-state index contributed by atoms with van der Waals surface area (Å²) < 4.78 is 1.77. The second kappa shape index (κ2) is 8.79. The minimum absolute atomic E-state index is 0.00523. The molecular formula is C24H29N5O. The first-order chi connectivity index (χ1) is 14.5. The van der Waals surface area contributed by atoms with Gasteiger partial charge in [0.1, 0.15) is 6.54 Å². The zero-order valence-electron chi connectivity index (χ0n) is 17.9. The number of likely N-dealkylation sites (tertiary alicyclic amines) is 1. The second-order valence-electron chi connectivity index (χ2n) is 8.19. The maximum Gasteiger partial charge on any atom is 0.241 e. The van der Waals surface area contributed by atoms with E-state index in [2.05, 4.69) is 48.3 Å². The maximum absolute atomic E-state index is 12.7. The lowest BCUT2D eigenvalue weighted by atomic mass is 9.94. The summed E-state index contributed by atoms with van der Waals surface area (Å²) in [7, 11) is 2.13. The van der Waals surface area contributed by atoms with Crippen LogP contribution in [0.15, 0.2) is 59.7 Å². The van der Waals surface area contributed by atoms with Gasteiger partial charge in [-0.1, -0.05) is 36.4 Å². The summed E-state index contributed by atoms with van der Waals surface area (Å²) in [5, 5.41) is 8.64. The maximum atomic E-state index is 12.7. The van der Waals surface area contributed by atoms with E-state index in [0.717, 1.165) is 41.7 Å². The molecule has 1 saturated heterocycles. The molecular weight excluding hydrogens is 374 g/mol. The van der Waals surface area contributed by atoms with Crippen LogP contribution < -0.4 is 5.32 Å². The van der Waals surface area contributed by atoms with E-state index < -0.39 is 0 Å². The van der Waals surface area contributed by atoms with Gasteiger partial charge in [-0.3, -0.25) is 19.4 Å². The van der Waals surface area contributed by atoms with Crippen molar-refractivity contribution >= 4 is 28.2 Å². The van der Waals surface area contributed by atoms with Crippen molar-refractivity contribution in [2.45, 2.75) is 45.3 Å². The number of carbonyl (C=O) groups excluding carboxylic acids is 1. The minimum Gasteiger partial charge on any atom is -0.352 e. The van der Waals surface area contributed by atoms with Crippen LogP contribution in [0.5, 0.6) is 0 Å². The number of amides is 1. The van der Waals surface area contributed by atoms with Crippen LogP contribution in [0.1, 0.15) is 25.3 Å². The summed E-state index contributed by atoms with van der Waals surface area (Å²) in [5.41, 5.74) is 4.26. The van der Waals surface area contributed by atoms with E-state index >= 15 is 0 Å². The Kier molecular flexibility index (Phi) is 5.95.